The Morgan fingerprint density at radius 3 is 2.19 bits per heavy atom. The van der Waals surface area contributed by atoms with Crippen molar-refractivity contribution in [3.05, 3.63) is 47.4 Å². The molecule has 0 atom stereocenters. The quantitative estimate of drug-likeness (QED) is 0.782. The maximum Gasteiger partial charge on any atom is 0.489 e. The van der Waals surface area contributed by atoms with Gasteiger partial charge in [-0.15, -0.1) is 11.3 Å². The molecule has 1 heterocycles. The maximum atomic E-state index is 9.37. The van der Waals surface area contributed by atoms with Crippen LogP contribution in [0, 0.1) is 0 Å². The van der Waals surface area contributed by atoms with E-state index < -0.39 is 7.12 Å². The first-order valence-corrected chi connectivity index (χ1v) is 8.17. The lowest BCUT2D eigenvalue weighted by Gasteiger charge is -2.04. The van der Waals surface area contributed by atoms with Crippen LogP contribution in [0.5, 0.6) is 0 Å². The van der Waals surface area contributed by atoms with Crippen LogP contribution in [0.3, 0.4) is 0 Å². The molecule has 0 aliphatic rings. The summed E-state index contributed by atoms with van der Waals surface area (Å²) in [7, 11) is -1.45. The summed E-state index contributed by atoms with van der Waals surface area (Å²) in [4.78, 5) is 0.874. The van der Waals surface area contributed by atoms with E-state index in [1.165, 1.54) is 0 Å². The normalized spacial score (nSPS) is 10.1. The minimum atomic E-state index is -1.45. The van der Waals surface area contributed by atoms with Crippen molar-refractivity contribution in [2.75, 3.05) is 0 Å². The highest BCUT2D eigenvalue weighted by atomic mass is 32.1. The lowest BCUT2D eigenvalue weighted by atomic mass is 9.77. The number of allylic oxidation sites excluding steroid dienone is 1. The molecule has 1 aromatic carbocycles. The molecule has 114 valence electrons. The standard InChI is InChI=1S/C13H13BO2S.2C2H6/c1-3-9-10-7-5-6-8-12(10)17-13(9)11(4-2)14(15)16;2*1-2/h3-8,15-16H,1H2,2H3;2*1-2H3/b11-4+;;. The zero-order chi connectivity index (χ0) is 16.4. The Morgan fingerprint density at radius 2 is 1.71 bits per heavy atom. The highest BCUT2D eigenvalue weighted by molar-refractivity contribution is 7.21. The predicted octanol–water partition coefficient (Wildman–Crippen LogP) is 5.01. The summed E-state index contributed by atoms with van der Waals surface area (Å²) in [6.07, 6.45) is 3.49. The Morgan fingerprint density at radius 1 is 1.14 bits per heavy atom. The molecule has 2 aromatic rings. The van der Waals surface area contributed by atoms with Gasteiger partial charge in [-0.25, -0.2) is 0 Å². The molecule has 0 bridgehead atoms. The van der Waals surface area contributed by atoms with E-state index in [0.29, 0.717) is 5.47 Å². The van der Waals surface area contributed by atoms with Gasteiger partial charge >= 0.3 is 7.12 Å². The molecule has 2 rings (SSSR count). The molecule has 0 fully saturated rings. The van der Waals surface area contributed by atoms with Gasteiger partial charge in [-0.1, -0.05) is 64.6 Å². The van der Waals surface area contributed by atoms with Crippen molar-refractivity contribution in [2.24, 2.45) is 0 Å². The fourth-order valence-electron chi connectivity index (χ4n) is 1.88. The van der Waals surface area contributed by atoms with E-state index in [0.717, 1.165) is 20.5 Å². The highest BCUT2D eigenvalue weighted by Crippen LogP contribution is 2.36. The molecule has 21 heavy (non-hydrogen) atoms. The van der Waals surface area contributed by atoms with Gasteiger partial charge in [0.05, 0.1) is 0 Å². The molecule has 0 amide bonds. The summed E-state index contributed by atoms with van der Waals surface area (Å²) in [5.74, 6) is 0. The van der Waals surface area contributed by atoms with Crippen LogP contribution < -0.4 is 0 Å². The average Bonchev–Trinajstić information content (AvgIpc) is 2.89. The van der Waals surface area contributed by atoms with Crippen LogP contribution in [0.25, 0.3) is 21.6 Å². The van der Waals surface area contributed by atoms with Crippen molar-refractivity contribution in [1.82, 2.24) is 0 Å². The minimum Gasteiger partial charge on any atom is -0.423 e. The summed E-state index contributed by atoms with van der Waals surface area (Å²) in [6.45, 7) is 13.6. The van der Waals surface area contributed by atoms with E-state index >= 15 is 0 Å². The molecule has 0 saturated carbocycles. The molecular formula is C17H25BO2S. The van der Waals surface area contributed by atoms with E-state index in [9.17, 15) is 10.0 Å². The number of benzene rings is 1. The zero-order valence-corrected chi connectivity index (χ0v) is 14.4. The molecule has 1 aromatic heterocycles. The van der Waals surface area contributed by atoms with Gasteiger partial charge in [0.2, 0.25) is 0 Å². The summed E-state index contributed by atoms with van der Waals surface area (Å²) in [6, 6.07) is 7.98. The lowest BCUT2D eigenvalue weighted by Crippen LogP contribution is -2.13. The third-order valence-electron chi connectivity index (χ3n) is 2.69. The zero-order valence-electron chi connectivity index (χ0n) is 13.6. The van der Waals surface area contributed by atoms with Crippen molar-refractivity contribution >= 4 is 40.1 Å². The van der Waals surface area contributed by atoms with Crippen molar-refractivity contribution in [3.8, 4) is 0 Å². The monoisotopic (exact) mass is 304 g/mol. The van der Waals surface area contributed by atoms with Crippen LogP contribution in [0.2, 0.25) is 0 Å². The molecule has 0 aliphatic heterocycles. The van der Waals surface area contributed by atoms with E-state index in [-0.39, 0.29) is 0 Å². The van der Waals surface area contributed by atoms with Gasteiger partial charge in [-0.2, -0.15) is 0 Å². The second kappa shape index (κ2) is 10.4. The fraction of sp³-hybridized carbons (Fsp3) is 0.294. The summed E-state index contributed by atoms with van der Waals surface area (Å²) >= 11 is 1.55. The van der Waals surface area contributed by atoms with Crippen LogP contribution in [-0.4, -0.2) is 17.2 Å². The lowest BCUT2D eigenvalue weighted by molar-refractivity contribution is 0.427. The van der Waals surface area contributed by atoms with Crippen LogP contribution in [0.4, 0.5) is 0 Å². The number of fused-ring (bicyclic) bond motifs is 1. The van der Waals surface area contributed by atoms with E-state index in [4.69, 9.17) is 0 Å². The van der Waals surface area contributed by atoms with Crippen LogP contribution in [0.1, 0.15) is 45.1 Å². The van der Waals surface area contributed by atoms with E-state index in [2.05, 4.69) is 6.58 Å². The van der Waals surface area contributed by atoms with Gasteiger partial charge in [-0.3, -0.25) is 0 Å². The molecule has 2 nitrogen and oxygen atoms in total. The third-order valence-corrected chi connectivity index (χ3v) is 3.93. The molecule has 0 saturated heterocycles. The fourth-order valence-corrected chi connectivity index (χ4v) is 3.18. The van der Waals surface area contributed by atoms with Gasteiger partial charge in [0.15, 0.2) is 0 Å². The van der Waals surface area contributed by atoms with Gasteiger partial charge < -0.3 is 10.0 Å². The average molecular weight is 304 g/mol. The Bertz CT molecular complexity index is 585. The van der Waals surface area contributed by atoms with E-state index in [1.807, 2.05) is 52.0 Å². The second-order valence-corrected chi connectivity index (χ2v) is 4.72. The Labute approximate surface area is 132 Å². The third kappa shape index (κ3) is 4.56. The highest BCUT2D eigenvalue weighted by Gasteiger charge is 2.21. The Hall–Kier alpha value is -1.36. The summed E-state index contributed by atoms with van der Waals surface area (Å²) in [5.41, 5.74) is 1.49. The van der Waals surface area contributed by atoms with Crippen molar-refractivity contribution in [3.63, 3.8) is 0 Å². The van der Waals surface area contributed by atoms with Crippen molar-refractivity contribution in [1.29, 1.82) is 0 Å². The van der Waals surface area contributed by atoms with Gasteiger partial charge in [-0.05, 0) is 24.0 Å². The number of hydrogen-bond donors (Lipinski definition) is 2. The summed E-state index contributed by atoms with van der Waals surface area (Å²) in [5, 5.41) is 19.8. The number of rotatable bonds is 3. The summed E-state index contributed by atoms with van der Waals surface area (Å²) < 4.78 is 1.12. The number of hydrogen-bond acceptors (Lipinski definition) is 3. The van der Waals surface area contributed by atoms with Crippen molar-refractivity contribution in [2.45, 2.75) is 34.6 Å². The van der Waals surface area contributed by atoms with Crippen molar-refractivity contribution < 1.29 is 10.0 Å². The van der Waals surface area contributed by atoms with Gasteiger partial charge in [0.25, 0.3) is 0 Å². The van der Waals surface area contributed by atoms with Crippen LogP contribution >= 0.6 is 11.3 Å². The van der Waals surface area contributed by atoms with Gasteiger partial charge in [0.1, 0.15) is 0 Å². The first-order chi connectivity index (χ1) is 10.2. The van der Waals surface area contributed by atoms with Gasteiger partial charge in [0, 0.05) is 15.0 Å². The van der Waals surface area contributed by atoms with Crippen LogP contribution in [0.15, 0.2) is 36.9 Å². The first-order valence-electron chi connectivity index (χ1n) is 7.35. The minimum absolute atomic E-state index is 0.529. The molecule has 2 N–H and O–H groups in total. The SMILES string of the molecule is C=Cc1c(/C(=C\C)B(O)O)sc2ccccc12.CC.CC. The Kier molecular flexibility index (Phi) is 9.71. The molecule has 0 aliphatic carbocycles. The van der Waals surface area contributed by atoms with E-state index in [1.54, 1.807) is 30.4 Å². The smallest absolute Gasteiger partial charge is 0.423 e. The largest absolute Gasteiger partial charge is 0.489 e. The Balaban J connectivity index is 0.000000921. The molecular weight excluding hydrogens is 279 g/mol. The molecule has 0 radical (unpaired) electrons. The first kappa shape index (κ1) is 19.6. The van der Waals surface area contributed by atoms with Crippen LogP contribution in [-0.2, 0) is 0 Å². The molecule has 0 unspecified atom stereocenters. The number of thiophene rings is 1. The topological polar surface area (TPSA) is 40.5 Å². The maximum absolute atomic E-state index is 9.37. The molecule has 4 heteroatoms. The second-order valence-electron chi connectivity index (χ2n) is 3.66. The predicted molar refractivity (Wildman–Crippen MR) is 98.5 cm³/mol. The molecule has 0 spiro atoms.